The number of hydrogen-bond acceptors (Lipinski definition) is 6. The molecule has 0 saturated carbocycles. The maximum Gasteiger partial charge on any atom is 0.254 e. The normalized spacial score (nSPS) is 21.8. The van der Waals surface area contributed by atoms with Gasteiger partial charge in [0.05, 0.1) is 13.2 Å². The van der Waals surface area contributed by atoms with Gasteiger partial charge in [-0.2, -0.15) is 0 Å². The van der Waals surface area contributed by atoms with Gasteiger partial charge in [-0.15, -0.1) is 0 Å². The van der Waals surface area contributed by atoms with Gasteiger partial charge < -0.3 is 19.3 Å². The van der Waals surface area contributed by atoms with Crippen LogP contribution in [0.1, 0.15) is 29.6 Å². The van der Waals surface area contributed by atoms with Crippen molar-refractivity contribution in [3.63, 3.8) is 0 Å². The molecular weight excluding hydrogens is 404 g/mol. The quantitative estimate of drug-likeness (QED) is 0.735. The third kappa shape index (κ3) is 4.83. The molecular formula is C25H32N4O3. The largest absolute Gasteiger partial charge is 0.490 e. The minimum Gasteiger partial charge on any atom is -0.490 e. The van der Waals surface area contributed by atoms with Crippen molar-refractivity contribution in [3.8, 4) is 11.5 Å². The second-order valence-corrected chi connectivity index (χ2v) is 8.95. The number of benzene rings is 1. The second-order valence-electron chi connectivity index (χ2n) is 8.95. The number of likely N-dealkylation sites (tertiary alicyclic amines) is 1. The summed E-state index contributed by atoms with van der Waals surface area (Å²) >= 11 is 0. The highest BCUT2D eigenvalue weighted by molar-refractivity contribution is 5.95. The van der Waals surface area contributed by atoms with E-state index in [1.54, 1.807) is 0 Å². The molecule has 1 atom stereocenters. The van der Waals surface area contributed by atoms with E-state index in [9.17, 15) is 4.79 Å². The van der Waals surface area contributed by atoms with Gasteiger partial charge in [0, 0.05) is 64.0 Å². The fraction of sp³-hybridized carbons (Fsp3) is 0.520. The predicted octanol–water partition coefficient (Wildman–Crippen LogP) is 2.92. The highest BCUT2D eigenvalue weighted by atomic mass is 16.5. The van der Waals surface area contributed by atoms with Gasteiger partial charge in [0.15, 0.2) is 11.5 Å². The number of piperidine rings is 1. The molecule has 0 radical (unpaired) electrons. The van der Waals surface area contributed by atoms with E-state index in [1.165, 1.54) is 6.42 Å². The van der Waals surface area contributed by atoms with Crippen molar-refractivity contribution in [1.29, 1.82) is 0 Å². The summed E-state index contributed by atoms with van der Waals surface area (Å²) in [6.07, 6.45) is 4.97. The van der Waals surface area contributed by atoms with Gasteiger partial charge in [0.1, 0.15) is 5.82 Å². The molecule has 7 nitrogen and oxygen atoms in total. The van der Waals surface area contributed by atoms with Gasteiger partial charge in [0.25, 0.3) is 5.91 Å². The molecule has 1 unspecified atom stereocenters. The molecule has 0 N–H and O–H groups in total. The number of carbonyl (C=O) groups excluding carboxylic acids is 1. The molecule has 1 aromatic carbocycles. The Hall–Kier alpha value is -2.80. The molecule has 2 aromatic rings. The van der Waals surface area contributed by atoms with Crippen LogP contribution in [0.2, 0.25) is 0 Å². The number of rotatable bonds is 4. The number of nitrogens with zero attached hydrogens (tertiary/aromatic N) is 4. The lowest BCUT2D eigenvalue weighted by Crippen LogP contribution is -2.50. The summed E-state index contributed by atoms with van der Waals surface area (Å²) < 4.78 is 11.5. The van der Waals surface area contributed by atoms with E-state index in [4.69, 9.17) is 9.47 Å². The molecule has 0 spiro atoms. The zero-order valence-corrected chi connectivity index (χ0v) is 18.6. The number of amides is 1. The van der Waals surface area contributed by atoms with Crippen LogP contribution < -0.4 is 14.4 Å². The Bertz CT molecular complexity index is 915. The van der Waals surface area contributed by atoms with E-state index in [1.807, 2.05) is 41.4 Å². The lowest BCUT2D eigenvalue weighted by atomic mass is 9.96. The lowest BCUT2D eigenvalue weighted by molar-refractivity contribution is 0.0637. The Morgan fingerprint density at radius 2 is 1.81 bits per heavy atom. The van der Waals surface area contributed by atoms with E-state index in [0.29, 0.717) is 30.4 Å². The maximum absolute atomic E-state index is 13.2. The minimum atomic E-state index is 0.102. The van der Waals surface area contributed by atoms with Gasteiger partial charge >= 0.3 is 0 Å². The summed E-state index contributed by atoms with van der Waals surface area (Å²) in [5, 5.41) is 0. The van der Waals surface area contributed by atoms with Gasteiger partial charge in [-0.25, -0.2) is 4.98 Å². The van der Waals surface area contributed by atoms with Crippen LogP contribution in [0.5, 0.6) is 11.5 Å². The van der Waals surface area contributed by atoms with Gasteiger partial charge in [0.2, 0.25) is 0 Å². The monoisotopic (exact) mass is 436 g/mol. The molecule has 3 aliphatic rings. The topological polar surface area (TPSA) is 58.1 Å². The average Bonchev–Trinajstić information content (AvgIpc) is 3.10. The molecule has 0 bridgehead atoms. The summed E-state index contributed by atoms with van der Waals surface area (Å²) in [7, 11) is 0. The molecule has 4 heterocycles. The first kappa shape index (κ1) is 21.1. The smallest absolute Gasteiger partial charge is 0.254 e. The Morgan fingerprint density at radius 3 is 2.62 bits per heavy atom. The van der Waals surface area contributed by atoms with Gasteiger partial charge in [-0.1, -0.05) is 6.07 Å². The van der Waals surface area contributed by atoms with E-state index in [2.05, 4.69) is 20.9 Å². The number of ether oxygens (including phenoxy) is 2. The maximum atomic E-state index is 13.2. The van der Waals surface area contributed by atoms with Crippen LogP contribution in [-0.4, -0.2) is 79.7 Å². The van der Waals surface area contributed by atoms with E-state index in [0.717, 1.165) is 70.2 Å². The molecule has 1 amide bonds. The average molecular weight is 437 g/mol. The number of piperazine rings is 1. The van der Waals surface area contributed by atoms with Crippen molar-refractivity contribution in [2.45, 2.75) is 19.3 Å². The molecule has 32 heavy (non-hydrogen) atoms. The van der Waals surface area contributed by atoms with E-state index >= 15 is 0 Å². The van der Waals surface area contributed by atoms with Crippen molar-refractivity contribution in [2.24, 2.45) is 5.92 Å². The number of carbonyl (C=O) groups is 1. The summed E-state index contributed by atoms with van der Waals surface area (Å²) in [5.41, 5.74) is 0.693. The number of anilines is 1. The van der Waals surface area contributed by atoms with Crippen LogP contribution in [0.3, 0.4) is 0 Å². The minimum absolute atomic E-state index is 0.102. The van der Waals surface area contributed by atoms with Crippen molar-refractivity contribution in [3.05, 3.63) is 48.2 Å². The fourth-order valence-corrected chi connectivity index (χ4v) is 4.94. The Labute approximate surface area is 189 Å². The molecule has 2 fully saturated rings. The number of fused-ring (bicyclic) bond motifs is 1. The van der Waals surface area contributed by atoms with Crippen LogP contribution in [0.25, 0.3) is 0 Å². The van der Waals surface area contributed by atoms with Crippen LogP contribution in [0.4, 0.5) is 5.82 Å². The van der Waals surface area contributed by atoms with Crippen LogP contribution in [0.15, 0.2) is 42.6 Å². The fourth-order valence-electron chi connectivity index (χ4n) is 4.94. The predicted molar refractivity (Wildman–Crippen MR) is 124 cm³/mol. The first-order valence-corrected chi connectivity index (χ1v) is 11.8. The van der Waals surface area contributed by atoms with E-state index < -0.39 is 0 Å². The first-order chi connectivity index (χ1) is 15.8. The molecule has 2 saturated heterocycles. The summed E-state index contributed by atoms with van der Waals surface area (Å²) in [6, 6.07) is 11.7. The molecule has 5 rings (SSSR count). The third-order valence-corrected chi connectivity index (χ3v) is 6.66. The molecule has 7 heteroatoms. The highest BCUT2D eigenvalue weighted by Gasteiger charge is 2.28. The molecule has 1 aromatic heterocycles. The van der Waals surface area contributed by atoms with Crippen molar-refractivity contribution in [1.82, 2.24) is 14.8 Å². The first-order valence-electron chi connectivity index (χ1n) is 11.8. The zero-order chi connectivity index (χ0) is 21.8. The molecule has 170 valence electrons. The highest BCUT2D eigenvalue weighted by Crippen LogP contribution is 2.31. The number of pyridine rings is 1. The summed E-state index contributed by atoms with van der Waals surface area (Å²) in [5.74, 6) is 3.12. The van der Waals surface area contributed by atoms with Crippen LogP contribution in [-0.2, 0) is 0 Å². The Morgan fingerprint density at radius 1 is 0.969 bits per heavy atom. The zero-order valence-electron chi connectivity index (χ0n) is 18.6. The SMILES string of the molecule is O=C(c1ccc2c(c1)OCCCO2)N1CCCC(CN2CCN(c3ccccn3)CC2)C1. The number of hydrogen-bond donors (Lipinski definition) is 0. The van der Waals surface area contributed by atoms with Crippen molar-refractivity contribution >= 4 is 11.7 Å². The Balaban J connectivity index is 1.15. The summed E-state index contributed by atoms with van der Waals surface area (Å²) in [6.45, 7) is 8.10. The van der Waals surface area contributed by atoms with Crippen molar-refractivity contribution in [2.75, 3.05) is 63.9 Å². The summed E-state index contributed by atoms with van der Waals surface area (Å²) in [4.78, 5) is 24.6. The van der Waals surface area contributed by atoms with Crippen LogP contribution >= 0.6 is 0 Å². The molecule has 0 aliphatic carbocycles. The molecule has 3 aliphatic heterocycles. The third-order valence-electron chi connectivity index (χ3n) is 6.66. The Kier molecular flexibility index (Phi) is 6.44. The van der Waals surface area contributed by atoms with Gasteiger partial charge in [-0.05, 0) is 49.1 Å². The van der Waals surface area contributed by atoms with Gasteiger partial charge in [-0.3, -0.25) is 9.69 Å². The van der Waals surface area contributed by atoms with Crippen LogP contribution in [0, 0.1) is 5.92 Å². The van der Waals surface area contributed by atoms with E-state index in [-0.39, 0.29) is 5.91 Å². The second kappa shape index (κ2) is 9.77. The number of aromatic nitrogens is 1. The van der Waals surface area contributed by atoms with Crippen molar-refractivity contribution < 1.29 is 14.3 Å². The standard InChI is InChI=1S/C25H32N4O3/c30-25(21-7-8-22-23(17-21)32-16-4-15-31-22)29-10-3-5-20(19-29)18-27-11-13-28(14-12-27)24-6-1-2-9-26-24/h1-2,6-9,17,20H,3-5,10-16,18-19H2. The lowest BCUT2D eigenvalue weighted by Gasteiger charge is -2.39.